The Balaban J connectivity index is 1.79. The molecule has 0 saturated heterocycles. The first kappa shape index (κ1) is 18.4. The van der Waals surface area contributed by atoms with Gasteiger partial charge in [0.15, 0.2) is 0 Å². The van der Waals surface area contributed by atoms with E-state index in [4.69, 9.17) is 9.84 Å². The van der Waals surface area contributed by atoms with Crippen LogP contribution in [0.3, 0.4) is 0 Å². The maximum Gasteiger partial charge on any atom is 0.325 e. The molecule has 2 aromatic rings. The highest BCUT2D eigenvalue weighted by atomic mass is 16.5. The summed E-state index contributed by atoms with van der Waals surface area (Å²) in [5.74, 6) is -0.107. The molecule has 2 N–H and O–H groups in total. The smallest absolute Gasteiger partial charge is 0.325 e. The van der Waals surface area contributed by atoms with Gasteiger partial charge in [-0.1, -0.05) is 30.3 Å². The van der Waals surface area contributed by atoms with Crippen molar-refractivity contribution in [3.63, 3.8) is 0 Å². The Bertz CT molecular complexity index is 729. The van der Waals surface area contributed by atoms with E-state index >= 15 is 0 Å². The van der Waals surface area contributed by atoms with E-state index in [1.807, 2.05) is 31.2 Å². The number of amides is 1. The lowest BCUT2D eigenvalue weighted by atomic mass is 9.97. The molecule has 1 aromatic heterocycles. The maximum absolute atomic E-state index is 12.1. The van der Waals surface area contributed by atoms with Crippen molar-refractivity contribution < 1.29 is 19.4 Å². The molecule has 1 unspecified atom stereocenters. The number of aliphatic carboxylic acids is 1. The molecule has 1 atom stereocenters. The zero-order valence-corrected chi connectivity index (χ0v) is 14.3. The van der Waals surface area contributed by atoms with Gasteiger partial charge in [-0.15, -0.1) is 5.10 Å². The van der Waals surface area contributed by atoms with Crippen molar-refractivity contribution in [2.24, 2.45) is 5.92 Å². The molecule has 2 rings (SSSR count). The van der Waals surface area contributed by atoms with Crippen molar-refractivity contribution in [3.8, 4) is 5.75 Å². The second-order valence-corrected chi connectivity index (χ2v) is 5.90. The Kier molecular flexibility index (Phi) is 6.50. The molecule has 8 nitrogen and oxygen atoms in total. The number of aromatic nitrogens is 3. The van der Waals surface area contributed by atoms with Crippen LogP contribution < -0.4 is 10.1 Å². The number of hydrogen-bond acceptors (Lipinski definition) is 5. The van der Waals surface area contributed by atoms with Crippen LogP contribution in [0.2, 0.25) is 0 Å². The van der Waals surface area contributed by atoms with E-state index in [1.165, 1.54) is 10.9 Å². The number of carbonyl (C=O) groups is 2. The van der Waals surface area contributed by atoms with Gasteiger partial charge in [-0.05, 0) is 24.0 Å². The number of ether oxygens (including phenoxy) is 1. The summed E-state index contributed by atoms with van der Waals surface area (Å²) in [4.78, 5) is 22.7. The van der Waals surface area contributed by atoms with Crippen molar-refractivity contribution in [1.29, 1.82) is 0 Å². The third kappa shape index (κ3) is 5.91. The average Bonchev–Trinajstić information content (AvgIpc) is 3.00. The first-order valence-electron chi connectivity index (χ1n) is 7.97. The van der Waals surface area contributed by atoms with Gasteiger partial charge in [0, 0.05) is 6.42 Å². The van der Waals surface area contributed by atoms with E-state index in [1.54, 1.807) is 7.11 Å². The second kappa shape index (κ2) is 8.81. The SMILES string of the molecule is COc1ccccc1CC(C)CC(=O)NCc1cn(CC(=O)O)nn1. The molecule has 8 heteroatoms. The average molecular weight is 346 g/mol. The lowest BCUT2D eigenvalue weighted by Crippen LogP contribution is -2.25. The summed E-state index contributed by atoms with van der Waals surface area (Å²) in [7, 11) is 1.63. The van der Waals surface area contributed by atoms with E-state index in [9.17, 15) is 9.59 Å². The third-order valence-corrected chi connectivity index (χ3v) is 3.64. The zero-order valence-electron chi connectivity index (χ0n) is 14.3. The summed E-state index contributed by atoms with van der Waals surface area (Å²) < 4.78 is 6.54. The monoisotopic (exact) mass is 346 g/mol. The van der Waals surface area contributed by atoms with Gasteiger partial charge in [-0.2, -0.15) is 0 Å². The Labute approximate surface area is 145 Å². The predicted octanol–water partition coefficient (Wildman–Crippen LogP) is 1.26. The van der Waals surface area contributed by atoms with E-state index < -0.39 is 5.97 Å². The van der Waals surface area contributed by atoms with Gasteiger partial charge in [-0.25, -0.2) is 4.68 Å². The van der Waals surface area contributed by atoms with Crippen LogP contribution in [0.25, 0.3) is 0 Å². The van der Waals surface area contributed by atoms with Crippen LogP contribution in [-0.2, 0) is 29.1 Å². The van der Waals surface area contributed by atoms with E-state index in [0.29, 0.717) is 12.1 Å². The number of benzene rings is 1. The van der Waals surface area contributed by atoms with E-state index in [-0.39, 0.29) is 24.9 Å². The van der Waals surface area contributed by atoms with Gasteiger partial charge >= 0.3 is 5.97 Å². The van der Waals surface area contributed by atoms with Gasteiger partial charge in [0.1, 0.15) is 18.0 Å². The largest absolute Gasteiger partial charge is 0.496 e. The van der Waals surface area contributed by atoms with Crippen molar-refractivity contribution in [2.45, 2.75) is 32.9 Å². The number of methoxy groups -OCH3 is 1. The number of carboxylic acids is 1. The van der Waals surface area contributed by atoms with Crippen LogP contribution in [0.4, 0.5) is 0 Å². The van der Waals surface area contributed by atoms with Crippen LogP contribution in [0.5, 0.6) is 5.75 Å². The molecular formula is C17H22N4O4. The molecular weight excluding hydrogens is 324 g/mol. The molecule has 134 valence electrons. The molecule has 0 saturated carbocycles. The van der Waals surface area contributed by atoms with Gasteiger partial charge in [0.2, 0.25) is 5.91 Å². The molecule has 0 aliphatic carbocycles. The van der Waals surface area contributed by atoms with Crippen molar-refractivity contribution in [1.82, 2.24) is 20.3 Å². The van der Waals surface area contributed by atoms with Crippen LogP contribution in [0.15, 0.2) is 30.5 Å². The van der Waals surface area contributed by atoms with Crippen LogP contribution in [0.1, 0.15) is 24.6 Å². The molecule has 0 aliphatic rings. The van der Waals surface area contributed by atoms with Crippen LogP contribution in [0, 0.1) is 5.92 Å². The minimum atomic E-state index is -0.995. The molecule has 0 radical (unpaired) electrons. The zero-order chi connectivity index (χ0) is 18.2. The number of rotatable bonds is 9. The lowest BCUT2D eigenvalue weighted by Gasteiger charge is -2.13. The minimum absolute atomic E-state index is 0.0878. The Morgan fingerprint density at radius 3 is 2.84 bits per heavy atom. The summed E-state index contributed by atoms with van der Waals surface area (Å²) >= 11 is 0. The van der Waals surface area contributed by atoms with Gasteiger partial charge in [-0.3, -0.25) is 9.59 Å². The fourth-order valence-electron chi connectivity index (χ4n) is 2.53. The van der Waals surface area contributed by atoms with Crippen LogP contribution >= 0.6 is 0 Å². The van der Waals surface area contributed by atoms with Gasteiger partial charge in [0.25, 0.3) is 0 Å². The lowest BCUT2D eigenvalue weighted by molar-refractivity contribution is -0.138. The van der Waals surface area contributed by atoms with Gasteiger partial charge in [0.05, 0.1) is 19.9 Å². The Hall–Kier alpha value is -2.90. The van der Waals surface area contributed by atoms with Crippen molar-refractivity contribution in [2.75, 3.05) is 7.11 Å². The molecule has 25 heavy (non-hydrogen) atoms. The Morgan fingerprint density at radius 2 is 2.12 bits per heavy atom. The summed E-state index contributed by atoms with van der Waals surface area (Å²) in [6.45, 7) is 1.98. The molecule has 0 aliphatic heterocycles. The standard InChI is InChI=1S/C17H22N4O4/c1-12(7-13-5-3-4-6-15(13)25-2)8-16(22)18-9-14-10-21(20-19-14)11-17(23)24/h3-6,10,12H,7-9,11H2,1-2H3,(H,18,22)(H,23,24). The molecule has 1 amide bonds. The molecule has 0 fully saturated rings. The third-order valence-electron chi connectivity index (χ3n) is 3.64. The minimum Gasteiger partial charge on any atom is -0.496 e. The first-order chi connectivity index (χ1) is 12.0. The fourth-order valence-corrected chi connectivity index (χ4v) is 2.53. The highest BCUT2D eigenvalue weighted by molar-refractivity contribution is 5.76. The van der Waals surface area contributed by atoms with Crippen molar-refractivity contribution in [3.05, 3.63) is 41.7 Å². The Morgan fingerprint density at radius 1 is 1.36 bits per heavy atom. The maximum atomic E-state index is 12.1. The highest BCUT2D eigenvalue weighted by Gasteiger charge is 2.13. The molecule has 0 spiro atoms. The molecule has 1 aromatic carbocycles. The van der Waals surface area contributed by atoms with Gasteiger partial charge < -0.3 is 15.2 Å². The topological polar surface area (TPSA) is 106 Å². The van der Waals surface area contributed by atoms with Crippen molar-refractivity contribution >= 4 is 11.9 Å². The first-order valence-corrected chi connectivity index (χ1v) is 7.97. The molecule has 1 heterocycles. The highest BCUT2D eigenvalue weighted by Crippen LogP contribution is 2.22. The quantitative estimate of drug-likeness (QED) is 0.708. The van der Waals surface area contributed by atoms with E-state index in [0.717, 1.165) is 17.7 Å². The molecule has 0 bridgehead atoms. The van der Waals surface area contributed by atoms with E-state index in [2.05, 4.69) is 15.6 Å². The van der Waals surface area contributed by atoms with Crippen LogP contribution in [-0.4, -0.2) is 39.1 Å². The number of carbonyl (C=O) groups excluding carboxylic acids is 1. The number of carboxylic acid groups (broad SMARTS) is 1. The number of para-hydroxylation sites is 1. The summed E-state index contributed by atoms with van der Waals surface area (Å²) in [5.41, 5.74) is 1.59. The number of nitrogens with zero attached hydrogens (tertiary/aromatic N) is 3. The predicted molar refractivity (Wildman–Crippen MR) is 90.0 cm³/mol. The number of nitrogens with one attached hydrogen (secondary N) is 1. The summed E-state index contributed by atoms with van der Waals surface area (Å²) in [6.07, 6.45) is 2.63. The summed E-state index contributed by atoms with van der Waals surface area (Å²) in [6, 6.07) is 7.76. The normalized spacial score (nSPS) is 11.8. The number of hydrogen-bond donors (Lipinski definition) is 2. The fraction of sp³-hybridized carbons (Fsp3) is 0.412. The summed E-state index contributed by atoms with van der Waals surface area (Å²) in [5, 5.41) is 19.0. The second-order valence-electron chi connectivity index (χ2n) is 5.90.